The van der Waals surface area contributed by atoms with E-state index in [2.05, 4.69) is 15.0 Å². The summed E-state index contributed by atoms with van der Waals surface area (Å²) in [6.07, 6.45) is -0.989. The van der Waals surface area contributed by atoms with Crippen LogP contribution in [0.15, 0.2) is 48.5 Å². The molecule has 0 bridgehead atoms. The lowest BCUT2D eigenvalue weighted by Gasteiger charge is -2.28. The van der Waals surface area contributed by atoms with Crippen molar-refractivity contribution in [1.82, 2.24) is 0 Å². The van der Waals surface area contributed by atoms with E-state index in [4.69, 9.17) is 9.47 Å². The number of esters is 2. The summed E-state index contributed by atoms with van der Waals surface area (Å²) in [6, 6.07) is 13.3. The van der Waals surface area contributed by atoms with Crippen molar-refractivity contribution in [2.75, 3.05) is 43.6 Å². The van der Waals surface area contributed by atoms with Crippen LogP contribution in [0.5, 0.6) is 0 Å². The number of benzene rings is 2. The molecule has 2 aromatic rings. The summed E-state index contributed by atoms with van der Waals surface area (Å²) in [6.45, 7) is 4.57. The molecule has 8 nitrogen and oxygen atoms in total. The molecule has 0 saturated carbocycles. The summed E-state index contributed by atoms with van der Waals surface area (Å²) < 4.78 is 15.2. The quantitative estimate of drug-likeness (QED) is 0.729. The second-order valence-corrected chi connectivity index (χ2v) is 6.75. The van der Waals surface area contributed by atoms with E-state index in [9.17, 15) is 14.4 Å². The average Bonchev–Trinajstić information content (AvgIpc) is 2.79. The van der Waals surface area contributed by atoms with Gasteiger partial charge in [-0.05, 0) is 55.5 Å². The summed E-state index contributed by atoms with van der Waals surface area (Å²) in [5, 5.41) is 2.74. The molecule has 8 heteroatoms. The van der Waals surface area contributed by atoms with Crippen LogP contribution in [0.1, 0.15) is 27.6 Å². The largest absolute Gasteiger partial charge is 0.465 e. The number of hydrogen-bond donors (Lipinski definition) is 1. The lowest BCUT2D eigenvalue weighted by molar-refractivity contribution is -0.123. The van der Waals surface area contributed by atoms with Crippen molar-refractivity contribution in [1.29, 1.82) is 0 Å². The zero-order valence-corrected chi connectivity index (χ0v) is 16.9. The first kappa shape index (κ1) is 21.3. The summed E-state index contributed by atoms with van der Waals surface area (Å²) in [7, 11) is 1.28. The zero-order valence-electron chi connectivity index (χ0n) is 16.9. The van der Waals surface area contributed by atoms with Gasteiger partial charge in [0, 0.05) is 24.5 Å². The Labute approximate surface area is 174 Å². The number of anilines is 2. The molecule has 158 valence electrons. The van der Waals surface area contributed by atoms with Crippen LogP contribution in [0.3, 0.4) is 0 Å². The van der Waals surface area contributed by atoms with E-state index in [1.54, 1.807) is 0 Å². The standard InChI is InChI=1S/C22H24N2O6/c1-15(30-22(27)17-5-3-16(4-6-17)21(26)28-2)20(25)23-18-7-9-19(10-8-18)24-11-13-29-14-12-24/h3-10,15H,11-14H2,1-2H3,(H,23,25). The number of amides is 1. The molecule has 3 rings (SSSR count). The highest BCUT2D eigenvalue weighted by molar-refractivity contribution is 5.98. The molecule has 0 aromatic heterocycles. The number of carbonyl (C=O) groups excluding carboxylic acids is 3. The lowest BCUT2D eigenvalue weighted by atomic mass is 10.1. The first-order valence-corrected chi connectivity index (χ1v) is 9.61. The number of methoxy groups -OCH3 is 1. The Balaban J connectivity index is 1.53. The summed E-state index contributed by atoms with van der Waals surface area (Å²) >= 11 is 0. The second kappa shape index (κ2) is 9.89. The zero-order chi connectivity index (χ0) is 21.5. The topological polar surface area (TPSA) is 94.2 Å². The molecule has 1 N–H and O–H groups in total. The van der Waals surface area contributed by atoms with Gasteiger partial charge in [-0.2, -0.15) is 0 Å². The number of morpholine rings is 1. The number of hydrogen-bond acceptors (Lipinski definition) is 7. The Morgan fingerprint density at radius 1 is 0.933 bits per heavy atom. The van der Waals surface area contributed by atoms with Gasteiger partial charge in [-0.15, -0.1) is 0 Å². The van der Waals surface area contributed by atoms with Crippen molar-refractivity contribution >= 4 is 29.2 Å². The van der Waals surface area contributed by atoms with Gasteiger partial charge < -0.3 is 24.4 Å². The van der Waals surface area contributed by atoms with Gasteiger partial charge in [-0.25, -0.2) is 9.59 Å². The highest BCUT2D eigenvalue weighted by Gasteiger charge is 2.20. The normalized spacial score (nSPS) is 14.5. The Bertz CT molecular complexity index is 889. The molecule has 1 amide bonds. The van der Waals surface area contributed by atoms with Gasteiger partial charge in [0.15, 0.2) is 6.10 Å². The van der Waals surface area contributed by atoms with E-state index in [1.807, 2.05) is 24.3 Å². The number of carbonyl (C=O) groups is 3. The number of nitrogens with zero attached hydrogens (tertiary/aromatic N) is 1. The van der Waals surface area contributed by atoms with Crippen LogP contribution < -0.4 is 10.2 Å². The predicted octanol–water partition coefficient (Wildman–Crippen LogP) is 2.49. The van der Waals surface area contributed by atoms with Gasteiger partial charge in [0.2, 0.25) is 0 Å². The van der Waals surface area contributed by atoms with Gasteiger partial charge in [0.25, 0.3) is 5.91 Å². The first-order chi connectivity index (χ1) is 14.5. The molecule has 0 spiro atoms. The number of nitrogens with one attached hydrogen (secondary N) is 1. The second-order valence-electron chi connectivity index (χ2n) is 6.75. The molecular formula is C22H24N2O6. The van der Waals surface area contributed by atoms with E-state index < -0.39 is 23.9 Å². The third-order valence-corrected chi connectivity index (χ3v) is 4.71. The maximum Gasteiger partial charge on any atom is 0.338 e. The number of rotatable bonds is 6. The van der Waals surface area contributed by atoms with Crippen LogP contribution in [-0.4, -0.2) is 57.4 Å². The predicted molar refractivity (Wildman–Crippen MR) is 111 cm³/mol. The van der Waals surface area contributed by atoms with Gasteiger partial charge >= 0.3 is 11.9 Å². The Kier molecular flexibility index (Phi) is 7.03. The molecule has 1 aliphatic rings. The molecule has 1 atom stereocenters. The van der Waals surface area contributed by atoms with E-state index in [-0.39, 0.29) is 5.56 Å². The Morgan fingerprint density at radius 3 is 2.07 bits per heavy atom. The van der Waals surface area contributed by atoms with Crippen molar-refractivity contribution in [3.8, 4) is 0 Å². The molecule has 1 aliphatic heterocycles. The van der Waals surface area contributed by atoms with Crippen molar-refractivity contribution < 1.29 is 28.6 Å². The first-order valence-electron chi connectivity index (χ1n) is 9.61. The van der Waals surface area contributed by atoms with Crippen LogP contribution >= 0.6 is 0 Å². The van der Waals surface area contributed by atoms with Crippen molar-refractivity contribution in [3.63, 3.8) is 0 Å². The smallest absolute Gasteiger partial charge is 0.338 e. The van der Waals surface area contributed by atoms with E-state index in [0.717, 1.165) is 18.8 Å². The van der Waals surface area contributed by atoms with Gasteiger partial charge in [0.05, 0.1) is 31.5 Å². The van der Waals surface area contributed by atoms with Gasteiger partial charge in [0.1, 0.15) is 0 Å². The third kappa shape index (κ3) is 5.36. The van der Waals surface area contributed by atoms with Crippen LogP contribution in [0.2, 0.25) is 0 Å². The molecule has 0 aliphatic carbocycles. The number of ether oxygens (including phenoxy) is 3. The minimum Gasteiger partial charge on any atom is -0.465 e. The fraction of sp³-hybridized carbons (Fsp3) is 0.318. The molecule has 2 aromatic carbocycles. The Morgan fingerprint density at radius 2 is 1.50 bits per heavy atom. The average molecular weight is 412 g/mol. The molecular weight excluding hydrogens is 388 g/mol. The molecule has 1 heterocycles. The molecule has 0 radical (unpaired) electrons. The van der Waals surface area contributed by atoms with Gasteiger partial charge in [-0.3, -0.25) is 4.79 Å². The monoisotopic (exact) mass is 412 g/mol. The summed E-state index contributed by atoms with van der Waals surface area (Å²) in [5.74, 6) is -1.59. The highest BCUT2D eigenvalue weighted by Crippen LogP contribution is 2.19. The lowest BCUT2D eigenvalue weighted by Crippen LogP contribution is -2.36. The summed E-state index contributed by atoms with van der Waals surface area (Å²) in [5.41, 5.74) is 2.23. The Hall–Kier alpha value is -3.39. The van der Waals surface area contributed by atoms with E-state index in [1.165, 1.54) is 38.3 Å². The minimum absolute atomic E-state index is 0.233. The maximum atomic E-state index is 12.4. The van der Waals surface area contributed by atoms with Crippen LogP contribution in [0, 0.1) is 0 Å². The van der Waals surface area contributed by atoms with Crippen molar-refractivity contribution in [3.05, 3.63) is 59.7 Å². The van der Waals surface area contributed by atoms with E-state index in [0.29, 0.717) is 24.5 Å². The fourth-order valence-corrected chi connectivity index (χ4v) is 2.96. The highest BCUT2D eigenvalue weighted by atomic mass is 16.5. The van der Waals surface area contributed by atoms with Gasteiger partial charge in [-0.1, -0.05) is 0 Å². The van der Waals surface area contributed by atoms with E-state index >= 15 is 0 Å². The summed E-state index contributed by atoms with van der Waals surface area (Å²) in [4.78, 5) is 38.3. The van der Waals surface area contributed by atoms with Crippen LogP contribution in [0.4, 0.5) is 11.4 Å². The van der Waals surface area contributed by atoms with Crippen LogP contribution in [-0.2, 0) is 19.0 Å². The maximum absolute atomic E-state index is 12.4. The molecule has 1 fully saturated rings. The molecule has 30 heavy (non-hydrogen) atoms. The third-order valence-electron chi connectivity index (χ3n) is 4.71. The van der Waals surface area contributed by atoms with Crippen molar-refractivity contribution in [2.24, 2.45) is 0 Å². The SMILES string of the molecule is COC(=O)c1ccc(C(=O)OC(C)C(=O)Nc2ccc(N3CCOCC3)cc2)cc1. The van der Waals surface area contributed by atoms with Crippen molar-refractivity contribution in [2.45, 2.75) is 13.0 Å². The minimum atomic E-state index is -0.989. The molecule has 1 saturated heterocycles. The fourth-order valence-electron chi connectivity index (χ4n) is 2.96. The molecule has 1 unspecified atom stereocenters. The van der Waals surface area contributed by atoms with Crippen LogP contribution in [0.25, 0.3) is 0 Å².